The van der Waals surface area contributed by atoms with Gasteiger partial charge in [-0.25, -0.2) is 0 Å². The zero-order valence-electron chi connectivity index (χ0n) is 9.93. The summed E-state index contributed by atoms with van der Waals surface area (Å²) in [7, 11) is -1.13. The lowest BCUT2D eigenvalue weighted by Gasteiger charge is -2.20. The van der Waals surface area contributed by atoms with Crippen LogP contribution < -0.4 is 5.19 Å². The Balaban J connectivity index is 2.92. The second-order valence-electron chi connectivity index (χ2n) is 5.01. The molecular formula is C13H22Si. The Labute approximate surface area is 89.4 Å². The van der Waals surface area contributed by atoms with Crippen LogP contribution in [0.25, 0.3) is 0 Å². The normalized spacial score (nSPS) is 11.7. The molecule has 14 heavy (non-hydrogen) atoms. The van der Waals surface area contributed by atoms with E-state index in [-0.39, 0.29) is 0 Å². The van der Waals surface area contributed by atoms with Crippen LogP contribution in [0.15, 0.2) is 24.3 Å². The lowest BCUT2D eigenvalue weighted by atomic mass is 10.1. The maximum atomic E-state index is 2.43. The van der Waals surface area contributed by atoms with E-state index in [1.807, 2.05) is 0 Å². The van der Waals surface area contributed by atoms with Crippen molar-refractivity contribution >= 4 is 13.3 Å². The van der Waals surface area contributed by atoms with Gasteiger partial charge in [-0.05, 0) is 18.4 Å². The van der Waals surface area contributed by atoms with Gasteiger partial charge in [-0.1, -0.05) is 62.4 Å². The van der Waals surface area contributed by atoms with Gasteiger partial charge in [0, 0.05) is 0 Å². The van der Waals surface area contributed by atoms with Crippen molar-refractivity contribution in [3.63, 3.8) is 0 Å². The molecule has 0 aliphatic rings. The number of hydrogen-bond donors (Lipinski definition) is 0. The molecule has 78 valence electrons. The van der Waals surface area contributed by atoms with Crippen LogP contribution in [0.2, 0.25) is 19.6 Å². The summed E-state index contributed by atoms with van der Waals surface area (Å²) < 4.78 is 0. The molecule has 0 unspecified atom stereocenters. The smallest absolute Gasteiger partial charge is 0.0656 e. The topological polar surface area (TPSA) is 0 Å². The van der Waals surface area contributed by atoms with E-state index in [1.165, 1.54) is 19.3 Å². The van der Waals surface area contributed by atoms with Gasteiger partial charge in [0.05, 0.1) is 8.07 Å². The van der Waals surface area contributed by atoms with Crippen molar-refractivity contribution < 1.29 is 0 Å². The highest BCUT2D eigenvalue weighted by Crippen LogP contribution is 2.09. The molecule has 0 fully saturated rings. The van der Waals surface area contributed by atoms with Gasteiger partial charge in [-0.15, -0.1) is 0 Å². The minimum Gasteiger partial charge on any atom is -0.0656 e. The molecule has 1 heteroatoms. The van der Waals surface area contributed by atoms with Crippen molar-refractivity contribution in [2.24, 2.45) is 0 Å². The molecule has 0 saturated carbocycles. The second-order valence-corrected chi connectivity index (χ2v) is 10.0. The fraction of sp³-hybridized carbons (Fsp3) is 0.538. The molecule has 0 amide bonds. The fourth-order valence-electron chi connectivity index (χ4n) is 1.84. The number of rotatable bonds is 4. The minimum atomic E-state index is -1.13. The molecule has 0 atom stereocenters. The Morgan fingerprint density at radius 3 is 2.29 bits per heavy atom. The van der Waals surface area contributed by atoms with Gasteiger partial charge >= 0.3 is 0 Å². The molecule has 1 aromatic rings. The van der Waals surface area contributed by atoms with E-state index in [9.17, 15) is 0 Å². The van der Waals surface area contributed by atoms with Crippen LogP contribution in [0, 0.1) is 0 Å². The highest BCUT2D eigenvalue weighted by atomic mass is 28.3. The Morgan fingerprint density at radius 2 is 1.71 bits per heavy atom. The van der Waals surface area contributed by atoms with Gasteiger partial charge in [-0.2, -0.15) is 0 Å². The molecular weight excluding hydrogens is 184 g/mol. The Kier molecular flexibility index (Phi) is 3.94. The molecule has 0 aliphatic heterocycles. The molecule has 0 spiro atoms. The van der Waals surface area contributed by atoms with E-state index in [1.54, 1.807) is 10.8 Å². The van der Waals surface area contributed by atoms with Crippen molar-refractivity contribution in [1.29, 1.82) is 0 Å². The number of hydrogen-bond acceptors (Lipinski definition) is 0. The summed E-state index contributed by atoms with van der Waals surface area (Å²) in [6.07, 6.45) is 3.87. The summed E-state index contributed by atoms with van der Waals surface area (Å²) in [6.45, 7) is 9.55. The SMILES string of the molecule is CCCCc1ccccc1[Si](C)(C)C. The molecule has 1 rings (SSSR count). The molecule has 1 aromatic carbocycles. The third-order valence-corrected chi connectivity index (χ3v) is 4.73. The van der Waals surface area contributed by atoms with E-state index in [0.29, 0.717) is 0 Å². The molecule has 0 saturated heterocycles. The van der Waals surface area contributed by atoms with Gasteiger partial charge in [0.2, 0.25) is 0 Å². The monoisotopic (exact) mass is 206 g/mol. The lowest BCUT2D eigenvalue weighted by molar-refractivity contribution is 0.797. The average Bonchev–Trinajstić information content (AvgIpc) is 2.14. The molecule has 0 aromatic heterocycles. The standard InChI is InChI=1S/C13H22Si/c1-5-6-9-12-10-7-8-11-13(12)14(2,3)4/h7-8,10-11H,5-6,9H2,1-4H3. The van der Waals surface area contributed by atoms with Crippen LogP contribution in [0.1, 0.15) is 25.3 Å². The minimum absolute atomic E-state index is 1.13. The second kappa shape index (κ2) is 4.79. The highest BCUT2D eigenvalue weighted by molar-refractivity contribution is 6.89. The van der Waals surface area contributed by atoms with Gasteiger partial charge in [-0.3, -0.25) is 0 Å². The average molecular weight is 206 g/mol. The first-order valence-corrected chi connectivity index (χ1v) is 9.14. The predicted octanol–water partition coefficient (Wildman–Crippen LogP) is 3.57. The maximum absolute atomic E-state index is 2.43. The Morgan fingerprint density at radius 1 is 1.07 bits per heavy atom. The first kappa shape index (κ1) is 11.5. The van der Waals surface area contributed by atoms with Crippen LogP contribution in [0.5, 0.6) is 0 Å². The van der Waals surface area contributed by atoms with Crippen LogP contribution in [0.4, 0.5) is 0 Å². The third-order valence-electron chi connectivity index (χ3n) is 2.63. The van der Waals surface area contributed by atoms with Crippen molar-refractivity contribution in [3.8, 4) is 0 Å². The Bertz CT molecular complexity index is 284. The van der Waals surface area contributed by atoms with Crippen molar-refractivity contribution in [1.82, 2.24) is 0 Å². The van der Waals surface area contributed by atoms with E-state index in [4.69, 9.17) is 0 Å². The predicted molar refractivity (Wildman–Crippen MR) is 68.0 cm³/mol. The van der Waals surface area contributed by atoms with Crippen molar-refractivity contribution in [2.45, 2.75) is 45.8 Å². The number of benzene rings is 1. The van der Waals surface area contributed by atoms with Crippen LogP contribution in [-0.4, -0.2) is 8.07 Å². The van der Waals surface area contributed by atoms with Gasteiger partial charge < -0.3 is 0 Å². The molecule has 0 nitrogen and oxygen atoms in total. The van der Waals surface area contributed by atoms with Crippen LogP contribution in [-0.2, 0) is 6.42 Å². The first-order chi connectivity index (χ1) is 6.55. The summed E-state index contributed by atoms with van der Waals surface area (Å²) >= 11 is 0. The zero-order valence-corrected chi connectivity index (χ0v) is 10.9. The van der Waals surface area contributed by atoms with E-state index in [2.05, 4.69) is 50.8 Å². The number of unbranched alkanes of at least 4 members (excludes halogenated alkanes) is 1. The van der Waals surface area contributed by atoms with Crippen LogP contribution >= 0.6 is 0 Å². The van der Waals surface area contributed by atoms with Gasteiger partial charge in [0.1, 0.15) is 0 Å². The summed E-state index contributed by atoms with van der Waals surface area (Å²) in [5.41, 5.74) is 1.59. The van der Waals surface area contributed by atoms with E-state index in [0.717, 1.165) is 0 Å². The van der Waals surface area contributed by atoms with E-state index >= 15 is 0 Å². The third kappa shape index (κ3) is 2.98. The molecule has 0 aliphatic carbocycles. The quantitative estimate of drug-likeness (QED) is 0.661. The zero-order chi connectivity index (χ0) is 10.6. The summed E-state index contributed by atoms with van der Waals surface area (Å²) in [4.78, 5) is 0. The molecule has 0 radical (unpaired) electrons. The van der Waals surface area contributed by atoms with Crippen molar-refractivity contribution in [3.05, 3.63) is 29.8 Å². The fourth-order valence-corrected chi connectivity index (χ4v) is 3.61. The summed E-state index contributed by atoms with van der Waals surface area (Å²) in [6, 6.07) is 9.00. The van der Waals surface area contributed by atoms with Gasteiger partial charge in [0.25, 0.3) is 0 Å². The summed E-state index contributed by atoms with van der Waals surface area (Å²) in [5.74, 6) is 0. The highest BCUT2D eigenvalue weighted by Gasteiger charge is 2.18. The van der Waals surface area contributed by atoms with E-state index < -0.39 is 8.07 Å². The Hall–Kier alpha value is -0.563. The molecule has 0 heterocycles. The summed E-state index contributed by atoms with van der Waals surface area (Å²) in [5, 5.41) is 1.65. The number of aryl methyl sites for hydroxylation is 1. The van der Waals surface area contributed by atoms with Crippen LogP contribution in [0.3, 0.4) is 0 Å². The van der Waals surface area contributed by atoms with Crippen molar-refractivity contribution in [2.75, 3.05) is 0 Å². The maximum Gasteiger partial charge on any atom is 0.0779 e. The molecule has 0 N–H and O–H groups in total. The molecule has 0 bridgehead atoms. The first-order valence-electron chi connectivity index (χ1n) is 5.64. The largest absolute Gasteiger partial charge is 0.0779 e. The van der Waals surface area contributed by atoms with Gasteiger partial charge in [0.15, 0.2) is 0 Å². The lowest BCUT2D eigenvalue weighted by Crippen LogP contribution is -2.40.